The fourth-order valence-corrected chi connectivity index (χ4v) is 7.27. The molecule has 0 aliphatic heterocycles. The van der Waals surface area contributed by atoms with Gasteiger partial charge in [0.05, 0.1) is 24.5 Å². The topological polar surface area (TPSA) is 92.7 Å². The van der Waals surface area contributed by atoms with Crippen LogP contribution in [0.1, 0.15) is 67.3 Å². The lowest BCUT2D eigenvalue weighted by molar-refractivity contribution is -0.148. The predicted molar refractivity (Wildman–Crippen MR) is 115 cm³/mol. The highest BCUT2D eigenvalue weighted by Crippen LogP contribution is 2.53. The molecule has 2 fully saturated rings. The number of hydrogen-bond acceptors (Lipinski definition) is 5. The second kappa shape index (κ2) is 7.66. The molecule has 2 saturated carbocycles. The van der Waals surface area contributed by atoms with Gasteiger partial charge < -0.3 is 15.2 Å². The lowest BCUT2D eigenvalue weighted by atomic mass is 9.72. The van der Waals surface area contributed by atoms with Crippen LogP contribution >= 0.6 is 11.3 Å². The van der Waals surface area contributed by atoms with E-state index < -0.39 is 23.8 Å². The van der Waals surface area contributed by atoms with E-state index in [9.17, 15) is 19.5 Å². The SMILES string of the molecule is COC(=O)c1c(NC(=O)[C@H]2[C@@H]3CC[C@@H](C3)[C@@H]2C(=O)O)sc2c1CC[C@@H](C(C)(C)C)C2. The van der Waals surface area contributed by atoms with Crippen LogP contribution in [-0.4, -0.2) is 30.1 Å². The van der Waals surface area contributed by atoms with Crippen LogP contribution < -0.4 is 5.32 Å². The third-order valence-electron chi connectivity index (χ3n) is 7.62. The third-order valence-corrected chi connectivity index (χ3v) is 8.79. The van der Waals surface area contributed by atoms with E-state index in [-0.39, 0.29) is 23.2 Å². The van der Waals surface area contributed by atoms with Crippen molar-refractivity contribution in [2.75, 3.05) is 12.4 Å². The number of nitrogens with one attached hydrogen (secondary N) is 1. The van der Waals surface area contributed by atoms with E-state index in [2.05, 4.69) is 26.1 Å². The Morgan fingerprint density at radius 1 is 1.10 bits per heavy atom. The minimum atomic E-state index is -0.881. The molecule has 1 aromatic rings. The Hall–Kier alpha value is -1.89. The number of aliphatic carboxylic acids is 1. The van der Waals surface area contributed by atoms with Gasteiger partial charge in [-0.25, -0.2) is 4.79 Å². The maximum absolute atomic E-state index is 13.2. The summed E-state index contributed by atoms with van der Waals surface area (Å²) in [6.45, 7) is 6.71. The van der Waals surface area contributed by atoms with Gasteiger partial charge >= 0.3 is 11.9 Å². The second-order valence-electron chi connectivity index (χ2n) is 10.2. The van der Waals surface area contributed by atoms with Crippen molar-refractivity contribution in [1.29, 1.82) is 0 Å². The number of carboxylic acids is 1. The summed E-state index contributed by atoms with van der Waals surface area (Å²) < 4.78 is 5.03. The van der Waals surface area contributed by atoms with Crippen molar-refractivity contribution in [1.82, 2.24) is 0 Å². The Bertz CT molecular complexity index is 883. The summed E-state index contributed by atoms with van der Waals surface area (Å²) in [6.07, 6.45) is 5.28. The fourth-order valence-electron chi connectivity index (χ4n) is 5.95. The molecular weight excluding hydrogens is 402 g/mol. The number of rotatable bonds is 4. The molecule has 0 radical (unpaired) electrons. The average molecular weight is 434 g/mol. The van der Waals surface area contributed by atoms with Gasteiger partial charge in [0.1, 0.15) is 5.00 Å². The number of hydrogen-bond donors (Lipinski definition) is 2. The van der Waals surface area contributed by atoms with Crippen LogP contribution in [0.2, 0.25) is 0 Å². The molecule has 1 heterocycles. The van der Waals surface area contributed by atoms with E-state index in [1.165, 1.54) is 18.4 Å². The first-order valence-corrected chi connectivity index (χ1v) is 11.7. The predicted octanol–water partition coefficient (Wildman–Crippen LogP) is 4.37. The first kappa shape index (κ1) is 21.3. The number of thiophene rings is 1. The third kappa shape index (κ3) is 3.55. The smallest absolute Gasteiger partial charge is 0.341 e. The Labute approximate surface area is 181 Å². The van der Waals surface area contributed by atoms with Gasteiger partial charge in [-0.05, 0) is 67.3 Å². The normalized spacial score (nSPS) is 30.1. The molecule has 0 saturated heterocycles. The van der Waals surface area contributed by atoms with E-state index >= 15 is 0 Å². The molecule has 1 aromatic heterocycles. The number of ether oxygens (including phenoxy) is 1. The summed E-state index contributed by atoms with van der Waals surface area (Å²) in [5.74, 6) is -1.98. The van der Waals surface area contributed by atoms with Crippen LogP contribution in [0.5, 0.6) is 0 Å². The number of amides is 1. The largest absolute Gasteiger partial charge is 0.481 e. The molecule has 0 spiro atoms. The van der Waals surface area contributed by atoms with Crippen LogP contribution in [0.3, 0.4) is 0 Å². The van der Waals surface area contributed by atoms with Crippen molar-refractivity contribution in [3.63, 3.8) is 0 Å². The Balaban J connectivity index is 1.63. The molecule has 164 valence electrons. The molecule has 6 nitrogen and oxygen atoms in total. The average Bonchev–Trinajstić information content (AvgIpc) is 3.38. The van der Waals surface area contributed by atoms with Gasteiger partial charge in [0.25, 0.3) is 0 Å². The van der Waals surface area contributed by atoms with Crippen LogP contribution in [0.4, 0.5) is 5.00 Å². The van der Waals surface area contributed by atoms with Crippen LogP contribution in [0, 0.1) is 35.0 Å². The van der Waals surface area contributed by atoms with Crippen molar-refractivity contribution in [2.45, 2.75) is 59.3 Å². The molecule has 7 heteroatoms. The quantitative estimate of drug-likeness (QED) is 0.688. The standard InChI is InChI=1S/C23H31NO5S/c1-23(2,3)13-7-8-14-15(10-13)30-20(18(14)22(28)29-4)24-19(25)16-11-5-6-12(9-11)17(16)21(26)27/h11-13,16-17H,5-10H2,1-4H3,(H,24,25)(H,26,27)/t11-,12+,13-,16+,17+/m1/s1. The maximum Gasteiger partial charge on any atom is 0.341 e. The zero-order valence-corrected chi connectivity index (χ0v) is 18.9. The first-order chi connectivity index (χ1) is 14.1. The van der Waals surface area contributed by atoms with Crippen molar-refractivity contribution < 1.29 is 24.2 Å². The lowest BCUT2D eigenvalue weighted by Crippen LogP contribution is -2.38. The van der Waals surface area contributed by atoms with Gasteiger partial charge in [0, 0.05) is 4.88 Å². The zero-order chi connectivity index (χ0) is 21.8. The zero-order valence-electron chi connectivity index (χ0n) is 18.1. The lowest BCUT2D eigenvalue weighted by Gasteiger charge is -2.33. The number of carbonyl (C=O) groups excluding carboxylic acids is 2. The highest BCUT2D eigenvalue weighted by atomic mass is 32.1. The molecule has 30 heavy (non-hydrogen) atoms. The van der Waals surface area contributed by atoms with Crippen LogP contribution in [-0.2, 0) is 27.2 Å². The Morgan fingerprint density at radius 2 is 1.77 bits per heavy atom. The Morgan fingerprint density at radius 3 is 2.37 bits per heavy atom. The van der Waals surface area contributed by atoms with Crippen molar-refractivity contribution >= 4 is 34.2 Å². The van der Waals surface area contributed by atoms with Gasteiger partial charge in [0.2, 0.25) is 5.91 Å². The Kier molecular flexibility index (Phi) is 5.45. The van der Waals surface area contributed by atoms with Gasteiger partial charge in [-0.15, -0.1) is 11.3 Å². The minimum Gasteiger partial charge on any atom is -0.481 e. The second-order valence-corrected chi connectivity index (χ2v) is 11.3. The summed E-state index contributed by atoms with van der Waals surface area (Å²) in [5, 5.41) is 13.2. The number of fused-ring (bicyclic) bond motifs is 3. The summed E-state index contributed by atoms with van der Waals surface area (Å²) in [6, 6.07) is 0. The van der Waals surface area contributed by atoms with Gasteiger partial charge in [-0.3, -0.25) is 9.59 Å². The molecular formula is C23H31NO5S. The molecule has 0 unspecified atom stereocenters. The van der Waals surface area contributed by atoms with Gasteiger partial charge in [0.15, 0.2) is 0 Å². The number of carboxylic acid groups (broad SMARTS) is 1. The highest BCUT2D eigenvalue weighted by molar-refractivity contribution is 7.17. The number of anilines is 1. The van der Waals surface area contributed by atoms with E-state index in [4.69, 9.17) is 4.74 Å². The monoisotopic (exact) mass is 433 g/mol. The van der Waals surface area contributed by atoms with Crippen molar-refractivity contribution in [2.24, 2.45) is 35.0 Å². The van der Waals surface area contributed by atoms with Crippen LogP contribution in [0.15, 0.2) is 0 Å². The number of esters is 1. The molecule has 2 bridgehead atoms. The van der Waals surface area contributed by atoms with Gasteiger partial charge in [-0.2, -0.15) is 0 Å². The summed E-state index contributed by atoms with van der Waals surface area (Å²) >= 11 is 1.46. The highest BCUT2D eigenvalue weighted by Gasteiger charge is 2.54. The van der Waals surface area contributed by atoms with Gasteiger partial charge in [-0.1, -0.05) is 20.8 Å². The molecule has 0 aromatic carbocycles. The van der Waals surface area contributed by atoms with Crippen molar-refractivity contribution in [3.05, 3.63) is 16.0 Å². The van der Waals surface area contributed by atoms with E-state index in [0.717, 1.165) is 49.0 Å². The maximum atomic E-state index is 13.2. The van der Waals surface area contributed by atoms with Crippen LogP contribution in [0.25, 0.3) is 0 Å². The molecule has 3 aliphatic rings. The van der Waals surface area contributed by atoms with E-state index in [1.54, 1.807) is 0 Å². The van der Waals surface area contributed by atoms with E-state index in [0.29, 0.717) is 16.5 Å². The van der Waals surface area contributed by atoms with Crippen molar-refractivity contribution in [3.8, 4) is 0 Å². The molecule has 5 atom stereocenters. The summed E-state index contributed by atoms with van der Waals surface area (Å²) in [4.78, 5) is 38.7. The first-order valence-electron chi connectivity index (χ1n) is 10.9. The molecule has 3 aliphatic carbocycles. The molecule has 1 amide bonds. The number of methoxy groups -OCH3 is 1. The fraction of sp³-hybridized carbons (Fsp3) is 0.696. The molecule has 2 N–H and O–H groups in total. The summed E-state index contributed by atoms with van der Waals surface area (Å²) in [5.41, 5.74) is 1.63. The van der Waals surface area contributed by atoms with E-state index in [1.807, 2.05) is 0 Å². The molecule has 4 rings (SSSR count). The number of carbonyl (C=O) groups is 3. The summed E-state index contributed by atoms with van der Waals surface area (Å²) in [7, 11) is 1.36. The minimum absolute atomic E-state index is 0.0902.